The van der Waals surface area contributed by atoms with Crippen molar-refractivity contribution < 1.29 is 40.7 Å². The van der Waals surface area contributed by atoms with Gasteiger partial charge in [0.25, 0.3) is 11.8 Å². The van der Waals surface area contributed by atoms with Gasteiger partial charge in [-0.15, -0.1) is 10.2 Å². The van der Waals surface area contributed by atoms with Crippen LogP contribution in [0.15, 0.2) is 10.5 Å². The lowest BCUT2D eigenvalue weighted by molar-refractivity contribution is -0.277. The summed E-state index contributed by atoms with van der Waals surface area (Å²) in [6.45, 7) is -0.267. The standard InChI is InChI=1S/C17H18F6N6O3/c1-28-5-6-29(2)12-8(16(18,19)20)7-9(24)11(25-12)13-26-27-14(32-13)15(31,17(21,22)23)4-3-10(28)30/h7,31H,3-6,24H2,1-2H3. The number of fused-ring (bicyclic) bond motifs is 5. The number of halogens is 6. The Morgan fingerprint density at radius 3 is 2.34 bits per heavy atom. The Morgan fingerprint density at radius 2 is 1.75 bits per heavy atom. The predicted octanol–water partition coefficient (Wildman–Crippen LogP) is 2.17. The number of nitrogen functional groups attached to an aromatic ring is 1. The van der Waals surface area contributed by atoms with Crippen molar-refractivity contribution >= 4 is 17.4 Å². The molecule has 1 aliphatic heterocycles. The van der Waals surface area contributed by atoms with Gasteiger partial charge in [0.05, 0.1) is 5.69 Å². The maximum Gasteiger partial charge on any atom is 0.426 e. The number of amides is 1. The lowest BCUT2D eigenvalue weighted by atomic mass is 9.96. The number of hydrogen-bond acceptors (Lipinski definition) is 8. The molecule has 0 fully saturated rings. The van der Waals surface area contributed by atoms with E-state index in [1.807, 2.05) is 0 Å². The molecule has 0 spiro atoms. The highest BCUT2D eigenvalue weighted by Crippen LogP contribution is 2.44. The van der Waals surface area contributed by atoms with Crippen LogP contribution in [0.2, 0.25) is 0 Å². The number of carbonyl (C=O) groups is 1. The van der Waals surface area contributed by atoms with E-state index in [2.05, 4.69) is 15.2 Å². The van der Waals surface area contributed by atoms with Gasteiger partial charge in [-0.1, -0.05) is 0 Å². The van der Waals surface area contributed by atoms with Gasteiger partial charge in [0.1, 0.15) is 11.4 Å². The van der Waals surface area contributed by atoms with Crippen molar-refractivity contribution in [1.82, 2.24) is 20.1 Å². The van der Waals surface area contributed by atoms with Crippen LogP contribution in [0.25, 0.3) is 11.6 Å². The van der Waals surface area contributed by atoms with E-state index in [1.54, 1.807) is 0 Å². The molecular formula is C17H18F6N6O3. The third-order valence-corrected chi connectivity index (χ3v) is 5.05. The van der Waals surface area contributed by atoms with Gasteiger partial charge >= 0.3 is 12.4 Å². The minimum absolute atomic E-state index is 0.128. The zero-order valence-electron chi connectivity index (χ0n) is 16.8. The van der Waals surface area contributed by atoms with Gasteiger partial charge in [0.15, 0.2) is 5.69 Å². The molecule has 0 aromatic carbocycles. The zero-order valence-corrected chi connectivity index (χ0v) is 16.8. The van der Waals surface area contributed by atoms with Crippen LogP contribution >= 0.6 is 0 Å². The van der Waals surface area contributed by atoms with Crippen LogP contribution in [0.1, 0.15) is 24.3 Å². The number of hydrogen-bond donors (Lipinski definition) is 2. The van der Waals surface area contributed by atoms with E-state index in [0.29, 0.717) is 6.07 Å². The maximum absolute atomic E-state index is 13.7. The Balaban J connectivity index is 2.24. The Hall–Kier alpha value is -3.10. The number of rotatable bonds is 0. The Bertz CT molecular complexity index is 1020. The minimum atomic E-state index is -5.29. The van der Waals surface area contributed by atoms with Gasteiger partial charge < -0.3 is 25.1 Å². The summed E-state index contributed by atoms with van der Waals surface area (Å²) in [5.41, 5.74) is -0.258. The van der Waals surface area contributed by atoms with E-state index in [-0.39, 0.29) is 13.1 Å². The highest BCUT2D eigenvalue weighted by molar-refractivity contribution is 5.76. The van der Waals surface area contributed by atoms with Gasteiger partial charge in [0, 0.05) is 40.0 Å². The molecule has 0 saturated heterocycles. The fraction of sp³-hybridized carbons (Fsp3) is 0.529. The maximum atomic E-state index is 13.7. The van der Waals surface area contributed by atoms with Crippen LogP contribution < -0.4 is 10.6 Å². The van der Waals surface area contributed by atoms with Gasteiger partial charge in [0.2, 0.25) is 11.5 Å². The van der Waals surface area contributed by atoms with E-state index in [4.69, 9.17) is 10.2 Å². The number of aliphatic hydroxyl groups is 1. The molecule has 0 saturated carbocycles. The first-order valence-electron chi connectivity index (χ1n) is 9.11. The molecule has 2 aromatic rings. The molecule has 32 heavy (non-hydrogen) atoms. The molecule has 0 aliphatic carbocycles. The summed E-state index contributed by atoms with van der Waals surface area (Å²) < 4.78 is 86.6. The zero-order chi connectivity index (χ0) is 24.1. The van der Waals surface area contributed by atoms with Crippen molar-refractivity contribution in [3.8, 4) is 11.6 Å². The molecule has 1 atom stereocenters. The molecule has 4 bridgehead atoms. The van der Waals surface area contributed by atoms with E-state index in [1.165, 1.54) is 14.1 Å². The lowest BCUT2D eigenvalue weighted by Gasteiger charge is -2.29. The molecule has 176 valence electrons. The Morgan fingerprint density at radius 1 is 1.12 bits per heavy atom. The Labute approximate surface area is 176 Å². The van der Waals surface area contributed by atoms with Crippen molar-refractivity contribution in [2.24, 2.45) is 0 Å². The average molecular weight is 468 g/mol. The van der Waals surface area contributed by atoms with Crippen LogP contribution in [0.4, 0.5) is 37.8 Å². The summed E-state index contributed by atoms with van der Waals surface area (Å²) in [5, 5.41) is 16.9. The van der Waals surface area contributed by atoms with Gasteiger partial charge in [-0.05, 0) is 6.07 Å². The van der Waals surface area contributed by atoms with Crippen molar-refractivity contribution in [2.75, 3.05) is 37.8 Å². The van der Waals surface area contributed by atoms with Crippen LogP contribution in [-0.2, 0) is 16.6 Å². The second-order valence-corrected chi connectivity index (χ2v) is 7.30. The molecule has 1 amide bonds. The molecule has 3 rings (SSSR count). The third-order valence-electron chi connectivity index (χ3n) is 5.05. The second-order valence-electron chi connectivity index (χ2n) is 7.30. The molecule has 1 unspecified atom stereocenters. The molecule has 3 heterocycles. The fourth-order valence-electron chi connectivity index (χ4n) is 3.06. The van der Waals surface area contributed by atoms with E-state index >= 15 is 0 Å². The summed E-state index contributed by atoms with van der Waals surface area (Å²) in [5.74, 6) is -3.39. The lowest BCUT2D eigenvalue weighted by Crippen LogP contribution is -2.44. The smallest absolute Gasteiger partial charge is 0.416 e. The largest absolute Gasteiger partial charge is 0.426 e. The summed E-state index contributed by atoms with van der Waals surface area (Å²) in [6, 6.07) is 0.550. The molecule has 0 radical (unpaired) electrons. The van der Waals surface area contributed by atoms with E-state index in [9.17, 15) is 36.2 Å². The molecule has 1 aliphatic rings. The topological polar surface area (TPSA) is 122 Å². The summed E-state index contributed by atoms with van der Waals surface area (Å²) in [6.07, 6.45) is -12.0. The number of likely N-dealkylation sites (N-methyl/N-ethyl adjacent to an activating group) is 2. The second kappa shape index (κ2) is 7.79. The summed E-state index contributed by atoms with van der Waals surface area (Å²) in [4.78, 5) is 18.2. The van der Waals surface area contributed by atoms with Crippen LogP contribution in [0.5, 0.6) is 0 Å². The normalized spacial score (nSPS) is 21.0. The number of aromatic nitrogens is 3. The summed E-state index contributed by atoms with van der Waals surface area (Å²) in [7, 11) is 2.56. The number of carbonyl (C=O) groups excluding carboxylic acids is 1. The van der Waals surface area contributed by atoms with Crippen molar-refractivity contribution in [3.05, 3.63) is 17.5 Å². The fourth-order valence-corrected chi connectivity index (χ4v) is 3.06. The molecule has 2 aromatic heterocycles. The van der Waals surface area contributed by atoms with Gasteiger partial charge in [-0.2, -0.15) is 26.3 Å². The Kier molecular flexibility index (Phi) is 5.74. The van der Waals surface area contributed by atoms with Crippen molar-refractivity contribution in [3.63, 3.8) is 0 Å². The molecule has 9 nitrogen and oxygen atoms in total. The van der Waals surface area contributed by atoms with Crippen LogP contribution in [-0.4, -0.2) is 64.5 Å². The number of pyridine rings is 1. The molecule has 15 heteroatoms. The predicted molar refractivity (Wildman–Crippen MR) is 97.0 cm³/mol. The van der Waals surface area contributed by atoms with Crippen molar-refractivity contribution in [2.45, 2.75) is 30.8 Å². The molecular weight excluding hydrogens is 450 g/mol. The summed E-state index contributed by atoms with van der Waals surface area (Å²) >= 11 is 0. The van der Waals surface area contributed by atoms with Crippen LogP contribution in [0, 0.1) is 0 Å². The SMILES string of the molecule is CN1CCN(C)c2nc(c(N)cc2C(F)(F)F)-c2nnc(o2)C(O)(C(F)(F)F)CCC1=O. The van der Waals surface area contributed by atoms with E-state index in [0.717, 1.165) is 9.80 Å². The number of nitrogens with zero attached hydrogens (tertiary/aromatic N) is 5. The first-order valence-corrected chi connectivity index (χ1v) is 9.11. The highest BCUT2D eigenvalue weighted by atomic mass is 19.4. The average Bonchev–Trinajstić information content (AvgIpc) is 3.17. The molecule has 3 N–H and O–H groups in total. The third kappa shape index (κ3) is 4.16. The van der Waals surface area contributed by atoms with Crippen LogP contribution in [0.3, 0.4) is 0 Å². The first-order chi connectivity index (χ1) is 14.6. The number of anilines is 2. The first kappa shape index (κ1) is 23.6. The van der Waals surface area contributed by atoms with Crippen molar-refractivity contribution in [1.29, 1.82) is 0 Å². The number of nitrogens with two attached hydrogens (primary N) is 1. The van der Waals surface area contributed by atoms with Gasteiger partial charge in [-0.25, -0.2) is 4.98 Å². The monoisotopic (exact) mass is 468 g/mol. The number of alkyl halides is 6. The highest BCUT2D eigenvalue weighted by Gasteiger charge is 2.59. The quantitative estimate of drug-likeness (QED) is 0.565. The minimum Gasteiger partial charge on any atom is -0.416 e. The van der Waals surface area contributed by atoms with E-state index < -0.39 is 71.2 Å². The van der Waals surface area contributed by atoms with Gasteiger partial charge in [-0.3, -0.25) is 4.79 Å².